The van der Waals surface area contributed by atoms with Crippen molar-refractivity contribution < 1.29 is 19.0 Å². The largest absolute Gasteiger partial charge is 0.496 e. The molecule has 3 aromatic carbocycles. The highest BCUT2D eigenvalue weighted by molar-refractivity contribution is 6.03. The Morgan fingerprint density at radius 2 is 1.61 bits per heavy atom. The van der Waals surface area contributed by atoms with E-state index in [-0.39, 0.29) is 5.97 Å². The van der Waals surface area contributed by atoms with Gasteiger partial charge in [0.1, 0.15) is 17.2 Å². The molecule has 0 aromatic heterocycles. The van der Waals surface area contributed by atoms with Crippen LogP contribution in [-0.2, 0) is 10.3 Å². The quantitative estimate of drug-likeness (QED) is 0.675. The minimum Gasteiger partial charge on any atom is -0.496 e. The van der Waals surface area contributed by atoms with Crippen molar-refractivity contribution >= 4 is 11.7 Å². The van der Waals surface area contributed by atoms with Gasteiger partial charge >= 0.3 is 5.97 Å². The molecule has 0 fully saturated rings. The van der Waals surface area contributed by atoms with Gasteiger partial charge in [-0.05, 0) is 31.2 Å². The summed E-state index contributed by atoms with van der Waals surface area (Å²) in [6.07, 6.45) is 0. The van der Waals surface area contributed by atoms with Crippen LogP contribution in [0.1, 0.15) is 34.0 Å². The van der Waals surface area contributed by atoms with Crippen LogP contribution in [0, 0.1) is 0 Å². The average molecular weight is 373 g/mol. The van der Waals surface area contributed by atoms with E-state index in [0.29, 0.717) is 34.9 Å². The molecule has 0 unspecified atom stereocenters. The second-order valence-corrected chi connectivity index (χ2v) is 6.76. The maximum absolute atomic E-state index is 13.2. The summed E-state index contributed by atoms with van der Waals surface area (Å²) in [5, 5.41) is 3.27. The van der Waals surface area contributed by atoms with E-state index in [1.807, 2.05) is 67.6 Å². The Hall–Kier alpha value is -3.47. The van der Waals surface area contributed by atoms with Crippen molar-refractivity contribution in [1.82, 2.24) is 0 Å². The fourth-order valence-corrected chi connectivity index (χ4v) is 4.23. The minimum atomic E-state index is -1.12. The molecule has 2 aliphatic rings. The zero-order valence-corrected chi connectivity index (χ0v) is 15.6. The molecule has 0 aliphatic carbocycles. The van der Waals surface area contributed by atoms with Crippen LogP contribution in [0.25, 0.3) is 0 Å². The molecule has 3 aromatic rings. The van der Waals surface area contributed by atoms with Gasteiger partial charge in [-0.3, -0.25) is 0 Å². The number of anilines is 1. The van der Waals surface area contributed by atoms with Crippen molar-refractivity contribution in [3.63, 3.8) is 0 Å². The highest BCUT2D eigenvalue weighted by atomic mass is 16.6. The normalized spacial score (nSPS) is 15.1. The number of rotatable bonds is 3. The van der Waals surface area contributed by atoms with Gasteiger partial charge < -0.3 is 19.5 Å². The van der Waals surface area contributed by atoms with Crippen LogP contribution >= 0.6 is 0 Å². The summed E-state index contributed by atoms with van der Waals surface area (Å²) in [5.74, 6) is 1.56. The van der Waals surface area contributed by atoms with Gasteiger partial charge in [0.25, 0.3) is 0 Å². The maximum atomic E-state index is 13.2. The molecule has 5 nitrogen and oxygen atoms in total. The summed E-state index contributed by atoms with van der Waals surface area (Å²) >= 11 is 0. The fraction of sp³-hybridized carbons (Fsp3) is 0.174. The van der Waals surface area contributed by atoms with E-state index in [1.165, 1.54) is 0 Å². The van der Waals surface area contributed by atoms with Gasteiger partial charge in [0, 0.05) is 23.4 Å². The summed E-state index contributed by atoms with van der Waals surface area (Å²) in [4.78, 5) is 13.2. The Labute approximate surface area is 162 Å². The molecule has 140 valence electrons. The lowest BCUT2D eigenvalue weighted by Crippen LogP contribution is -2.33. The van der Waals surface area contributed by atoms with Crippen molar-refractivity contribution in [3.8, 4) is 17.2 Å². The number of carbonyl (C=O) groups is 1. The molecule has 2 aliphatic heterocycles. The van der Waals surface area contributed by atoms with Gasteiger partial charge in [-0.25, -0.2) is 4.79 Å². The first-order chi connectivity index (χ1) is 13.7. The van der Waals surface area contributed by atoms with Crippen LogP contribution in [0.15, 0.2) is 60.7 Å². The lowest BCUT2D eigenvalue weighted by Gasteiger charge is -2.36. The third-order valence-corrected chi connectivity index (χ3v) is 5.31. The molecule has 0 saturated carbocycles. The number of hydrogen-bond acceptors (Lipinski definition) is 5. The zero-order chi connectivity index (χ0) is 19.3. The van der Waals surface area contributed by atoms with Crippen LogP contribution < -0.4 is 14.8 Å². The van der Waals surface area contributed by atoms with Crippen LogP contribution in [-0.4, -0.2) is 19.6 Å². The molecule has 0 radical (unpaired) electrons. The number of carbonyl (C=O) groups excluding carboxylic acids is 1. The van der Waals surface area contributed by atoms with Crippen LogP contribution in [0.3, 0.4) is 0 Å². The number of para-hydroxylation sites is 2. The lowest BCUT2D eigenvalue weighted by molar-refractivity contribution is 0.0220. The summed E-state index contributed by atoms with van der Waals surface area (Å²) in [7, 11) is 1.61. The monoisotopic (exact) mass is 373 g/mol. The van der Waals surface area contributed by atoms with Crippen molar-refractivity contribution in [1.29, 1.82) is 0 Å². The predicted octanol–water partition coefficient (Wildman–Crippen LogP) is 4.70. The number of esters is 1. The molecule has 0 atom stereocenters. The third kappa shape index (κ3) is 2.04. The standard InChI is InChI=1S/C23H19NO4/c1-3-24-16-12-13-19(26-2)21-20(16)22(25)28-23(21)14-8-4-6-10-17(14)27-18-11-7-5-9-15(18)23/h4-13,24H,3H2,1-2H3. The first kappa shape index (κ1) is 16.7. The summed E-state index contributed by atoms with van der Waals surface area (Å²) in [6.45, 7) is 2.68. The molecule has 0 amide bonds. The average Bonchev–Trinajstić information content (AvgIpc) is 3.03. The first-order valence-electron chi connectivity index (χ1n) is 9.26. The predicted molar refractivity (Wildman–Crippen MR) is 105 cm³/mol. The van der Waals surface area contributed by atoms with E-state index in [2.05, 4.69) is 5.32 Å². The number of benzene rings is 3. The maximum Gasteiger partial charge on any atom is 0.342 e. The number of methoxy groups -OCH3 is 1. The van der Waals surface area contributed by atoms with Gasteiger partial charge in [0.2, 0.25) is 0 Å². The molecule has 1 spiro atoms. The molecule has 5 rings (SSSR count). The van der Waals surface area contributed by atoms with Gasteiger partial charge in [-0.15, -0.1) is 0 Å². The second kappa shape index (κ2) is 6.02. The van der Waals surface area contributed by atoms with E-state index in [4.69, 9.17) is 14.2 Å². The first-order valence-corrected chi connectivity index (χ1v) is 9.26. The topological polar surface area (TPSA) is 56.8 Å². The van der Waals surface area contributed by atoms with Gasteiger partial charge in [0.15, 0.2) is 5.60 Å². The van der Waals surface area contributed by atoms with Gasteiger partial charge in [-0.1, -0.05) is 36.4 Å². The number of ether oxygens (including phenoxy) is 3. The highest BCUT2D eigenvalue weighted by Gasteiger charge is 2.56. The fourth-order valence-electron chi connectivity index (χ4n) is 4.23. The highest BCUT2D eigenvalue weighted by Crippen LogP contribution is 2.58. The van der Waals surface area contributed by atoms with Crippen LogP contribution in [0.5, 0.6) is 17.2 Å². The summed E-state index contributed by atoms with van der Waals surface area (Å²) in [5.41, 5.74) is 2.41. The summed E-state index contributed by atoms with van der Waals surface area (Å²) in [6, 6.07) is 19.0. The Morgan fingerprint density at radius 1 is 0.964 bits per heavy atom. The second-order valence-electron chi connectivity index (χ2n) is 6.76. The van der Waals surface area contributed by atoms with Crippen molar-refractivity contribution in [3.05, 3.63) is 82.9 Å². The van der Waals surface area contributed by atoms with Crippen molar-refractivity contribution in [2.45, 2.75) is 12.5 Å². The van der Waals surface area contributed by atoms with Crippen LogP contribution in [0.2, 0.25) is 0 Å². The molecular formula is C23H19NO4. The molecule has 0 saturated heterocycles. The SMILES string of the molecule is CCNc1ccc(OC)c2c1C(=O)OC21c2ccccc2Oc2ccccc21. The molecule has 5 heteroatoms. The van der Waals surface area contributed by atoms with Crippen molar-refractivity contribution in [2.24, 2.45) is 0 Å². The number of hydrogen-bond donors (Lipinski definition) is 1. The third-order valence-electron chi connectivity index (χ3n) is 5.31. The van der Waals surface area contributed by atoms with E-state index < -0.39 is 5.60 Å². The minimum absolute atomic E-state index is 0.378. The lowest BCUT2D eigenvalue weighted by atomic mass is 9.77. The van der Waals surface area contributed by atoms with E-state index >= 15 is 0 Å². The van der Waals surface area contributed by atoms with E-state index in [0.717, 1.165) is 16.8 Å². The zero-order valence-electron chi connectivity index (χ0n) is 15.6. The number of nitrogens with one attached hydrogen (secondary N) is 1. The van der Waals surface area contributed by atoms with Gasteiger partial charge in [-0.2, -0.15) is 0 Å². The Kier molecular flexibility index (Phi) is 3.59. The van der Waals surface area contributed by atoms with Gasteiger partial charge in [0.05, 0.1) is 18.2 Å². The molecule has 1 N–H and O–H groups in total. The molecule has 0 bridgehead atoms. The molecular weight excluding hydrogens is 354 g/mol. The Bertz CT molecular complexity index is 1060. The van der Waals surface area contributed by atoms with Crippen molar-refractivity contribution in [2.75, 3.05) is 19.0 Å². The van der Waals surface area contributed by atoms with Crippen LogP contribution in [0.4, 0.5) is 5.69 Å². The Morgan fingerprint density at radius 3 is 2.21 bits per heavy atom. The smallest absolute Gasteiger partial charge is 0.342 e. The molecule has 28 heavy (non-hydrogen) atoms. The number of fused-ring (bicyclic) bond motifs is 6. The molecule has 2 heterocycles. The van der Waals surface area contributed by atoms with E-state index in [9.17, 15) is 4.79 Å². The van der Waals surface area contributed by atoms with E-state index in [1.54, 1.807) is 7.11 Å². The summed E-state index contributed by atoms with van der Waals surface area (Å²) < 4.78 is 18.0. The Balaban J connectivity index is 1.92.